The third-order valence-corrected chi connectivity index (χ3v) is 4.00. The summed E-state index contributed by atoms with van der Waals surface area (Å²) in [5.74, 6) is -0.814. The molecular weight excluding hydrogens is 300 g/mol. The van der Waals surface area contributed by atoms with Gasteiger partial charge < -0.3 is 9.67 Å². The Balaban J connectivity index is 2.26. The van der Waals surface area contributed by atoms with Crippen molar-refractivity contribution in [3.8, 4) is 11.3 Å². The first-order chi connectivity index (χ1) is 10.6. The summed E-state index contributed by atoms with van der Waals surface area (Å²) in [5, 5.41) is 10.7. The third kappa shape index (κ3) is 2.57. The topological polar surface area (TPSA) is 55.1 Å². The lowest BCUT2D eigenvalue weighted by Crippen LogP contribution is -2.06. The Morgan fingerprint density at radius 1 is 1.36 bits per heavy atom. The number of aromatic nitrogens is 2. The maximum Gasteiger partial charge on any atom is 0.305 e. The number of rotatable bonds is 4. The standard InChI is InChI=1S/C17H15ClN2O2/c1-11-14-9-13(18)4-5-15(14)20(8-6-16(21)22)17(11)12-3-2-7-19-10-12/h2-5,7,9-10H,6,8H2,1H3,(H,21,22). The number of halogens is 1. The van der Waals surface area contributed by atoms with Gasteiger partial charge in [-0.3, -0.25) is 9.78 Å². The van der Waals surface area contributed by atoms with E-state index in [4.69, 9.17) is 16.7 Å². The van der Waals surface area contributed by atoms with Crippen LogP contribution in [0.15, 0.2) is 42.7 Å². The van der Waals surface area contributed by atoms with E-state index in [-0.39, 0.29) is 6.42 Å². The number of carboxylic acids is 1. The van der Waals surface area contributed by atoms with Crippen LogP contribution in [0.3, 0.4) is 0 Å². The molecule has 0 radical (unpaired) electrons. The van der Waals surface area contributed by atoms with Crippen LogP contribution < -0.4 is 0 Å². The quantitative estimate of drug-likeness (QED) is 0.787. The molecule has 22 heavy (non-hydrogen) atoms. The van der Waals surface area contributed by atoms with Gasteiger partial charge in [-0.05, 0) is 42.8 Å². The normalized spacial score (nSPS) is 11.0. The summed E-state index contributed by atoms with van der Waals surface area (Å²) in [6.07, 6.45) is 3.58. The molecule has 0 aliphatic carbocycles. The summed E-state index contributed by atoms with van der Waals surface area (Å²) < 4.78 is 2.03. The summed E-state index contributed by atoms with van der Waals surface area (Å²) in [5.41, 5.74) is 4.03. The number of nitrogens with zero attached hydrogens (tertiary/aromatic N) is 2. The lowest BCUT2D eigenvalue weighted by atomic mass is 10.1. The largest absolute Gasteiger partial charge is 0.481 e. The van der Waals surface area contributed by atoms with Gasteiger partial charge in [-0.1, -0.05) is 11.6 Å². The zero-order chi connectivity index (χ0) is 15.7. The fraction of sp³-hybridized carbons (Fsp3) is 0.176. The Labute approximate surface area is 133 Å². The summed E-state index contributed by atoms with van der Waals surface area (Å²) in [4.78, 5) is 15.1. The van der Waals surface area contributed by atoms with Gasteiger partial charge in [0.05, 0.1) is 12.1 Å². The van der Waals surface area contributed by atoms with Crippen LogP contribution in [0, 0.1) is 6.92 Å². The van der Waals surface area contributed by atoms with Crippen LogP contribution in [0.5, 0.6) is 0 Å². The lowest BCUT2D eigenvalue weighted by Gasteiger charge is -2.10. The van der Waals surface area contributed by atoms with Crippen LogP contribution >= 0.6 is 11.6 Å². The van der Waals surface area contributed by atoms with Gasteiger partial charge in [0.15, 0.2) is 0 Å². The van der Waals surface area contributed by atoms with E-state index in [2.05, 4.69) is 4.98 Å². The molecule has 0 aliphatic heterocycles. The van der Waals surface area contributed by atoms with Crippen molar-refractivity contribution in [3.63, 3.8) is 0 Å². The van der Waals surface area contributed by atoms with Gasteiger partial charge in [0.2, 0.25) is 0 Å². The molecule has 0 amide bonds. The van der Waals surface area contributed by atoms with Crippen LogP contribution in [0.1, 0.15) is 12.0 Å². The number of pyridine rings is 1. The minimum absolute atomic E-state index is 0.0686. The van der Waals surface area contributed by atoms with Crippen LogP contribution in [0.4, 0.5) is 0 Å². The first kappa shape index (κ1) is 14.6. The van der Waals surface area contributed by atoms with Gasteiger partial charge in [0.25, 0.3) is 0 Å². The first-order valence-corrected chi connectivity index (χ1v) is 7.36. The molecule has 0 fully saturated rings. The van der Waals surface area contributed by atoms with Crippen molar-refractivity contribution in [2.45, 2.75) is 19.9 Å². The Bertz CT molecular complexity index is 841. The predicted molar refractivity (Wildman–Crippen MR) is 87.2 cm³/mol. The second-order valence-corrected chi connectivity index (χ2v) is 5.61. The average Bonchev–Trinajstić information content (AvgIpc) is 2.78. The van der Waals surface area contributed by atoms with Gasteiger partial charge >= 0.3 is 5.97 Å². The Kier molecular flexibility index (Phi) is 3.86. The van der Waals surface area contributed by atoms with Crippen LogP contribution in [0.2, 0.25) is 5.02 Å². The maximum absolute atomic E-state index is 11.0. The van der Waals surface area contributed by atoms with E-state index in [0.29, 0.717) is 11.6 Å². The van der Waals surface area contributed by atoms with Crippen molar-refractivity contribution in [1.29, 1.82) is 0 Å². The SMILES string of the molecule is Cc1c(-c2cccnc2)n(CCC(=O)O)c2ccc(Cl)cc12. The monoisotopic (exact) mass is 314 g/mol. The van der Waals surface area contributed by atoms with Gasteiger partial charge in [0.1, 0.15) is 0 Å². The molecule has 0 aliphatic rings. The molecule has 3 aromatic rings. The number of carbonyl (C=O) groups is 1. The molecule has 4 nitrogen and oxygen atoms in total. The van der Waals surface area contributed by atoms with Crippen LogP contribution in [-0.2, 0) is 11.3 Å². The second kappa shape index (κ2) is 5.81. The summed E-state index contributed by atoms with van der Waals surface area (Å²) >= 11 is 6.11. The van der Waals surface area contributed by atoms with E-state index in [0.717, 1.165) is 27.7 Å². The number of aliphatic carboxylic acids is 1. The van der Waals surface area contributed by atoms with E-state index in [1.54, 1.807) is 12.4 Å². The number of hydrogen-bond donors (Lipinski definition) is 1. The maximum atomic E-state index is 11.0. The van der Waals surface area contributed by atoms with E-state index in [1.807, 2.05) is 41.8 Å². The first-order valence-electron chi connectivity index (χ1n) is 6.98. The van der Waals surface area contributed by atoms with E-state index in [9.17, 15) is 4.79 Å². The summed E-state index contributed by atoms with van der Waals surface area (Å²) in [7, 11) is 0. The molecule has 2 heterocycles. The number of aryl methyl sites for hydroxylation is 2. The van der Waals surface area contributed by atoms with E-state index in [1.165, 1.54) is 0 Å². The zero-order valence-electron chi connectivity index (χ0n) is 12.1. The predicted octanol–water partition coefficient (Wildman–Crippen LogP) is 4.14. The molecule has 0 spiro atoms. The highest BCUT2D eigenvalue weighted by atomic mass is 35.5. The molecule has 3 rings (SSSR count). The number of fused-ring (bicyclic) bond motifs is 1. The second-order valence-electron chi connectivity index (χ2n) is 5.17. The number of carboxylic acid groups (broad SMARTS) is 1. The Morgan fingerprint density at radius 3 is 2.86 bits per heavy atom. The van der Waals surface area contributed by atoms with Crippen molar-refractivity contribution in [1.82, 2.24) is 9.55 Å². The van der Waals surface area contributed by atoms with Gasteiger partial charge in [0, 0.05) is 40.4 Å². The van der Waals surface area contributed by atoms with Crippen molar-refractivity contribution in [3.05, 3.63) is 53.3 Å². The molecule has 0 bridgehead atoms. The van der Waals surface area contributed by atoms with Crippen LogP contribution in [0.25, 0.3) is 22.2 Å². The zero-order valence-corrected chi connectivity index (χ0v) is 12.8. The average molecular weight is 315 g/mol. The minimum atomic E-state index is -0.814. The highest BCUT2D eigenvalue weighted by Gasteiger charge is 2.16. The smallest absolute Gasteiger partial charge is 0.305 e. The highest BCUT2D eigenvalue weighted by molar-refractivity contribution is 6.31. The van der Waals surface area contributed by atoms with Crippen molar-refractivity contribution in [2.75, 3.05) is 0 Å². The molecule has 0 atom stereocenters. The van der Waals surface area contributed by atoms with Crippen molar-refractivity contribution < 1.29 is 9.90 Å². The molecule has 5 heteroatoms. The molecule has 1 aromatic carbocycles. The van der Waals surface area contributed by atoms with E-state index >= 15 is 0 Å². The molecule has 1 N–H and O–H groups in total. The molecule has 2 aromatic heterocycles. The number of benzene rings is 1. The highest BCUT2D eigenvalue weighted by Crippen LogP contribution is 2.34. The van der Waals surface area contributed by atoms with Gasteiger partial charge in [-0.2, -0.15) is 0 Å². The number of hydrogen-bond acceptors (Lipinski definition) is 2. The fourth-order valence-electron chi connectivity index (χ4n) is 2.81. The minimum Gasteiger partial charge on any atom is -0.481 e. The molecular formula is C17H15ClN2O2. The molecule has 0 saturated carbocycles. The third-order valence-electron chi connectivity index (χ3n) is 3.76. The lowest BCUT2D eigenvalue weighted by molar-refractivity contribution is -0.137. The van der Waals surface area contributed by atoms with Crippen molar-refractivity contribution >= 4 is 28.5 Å². The molecule has 0 unspecified atom stereocenters. The van der Waals surface area contributed by atoms with Gasteiger partial charge in [-0.15, -0.1) is 0 Å². The van der Waals surface area contributed by atoms with E-state index < -0.39 is 5.97 Å². The summed E-state index contributed by atoms with van der Waals surface area (Å²) in [6.45, 7) is 2.43. The summed E-state index contributed by atoms with van der Waals surface area (Å²) in [6, 6.07) is 9.54. The molecule has 0 saturated heterocycles. The Hall–Kier alpha value is -2.33. The fourth-order valence-corrected chi connectivity index (χ4v) is 2.98. The van der Waals surface area contributed by atoms with Gasteiger partial charge in [-0.25, -0.2) is 0 Å². The Morgan fingerprint density at radius 2 is 2.18 bits per heavy atom. The van der Waals surface area contributed by atoms with Crippen molar-refractivity contribution in [2.24, 2.45) is 0 Å². The molecule has 112 valence electrons. The van der Waals surface area contributed by atoms with Crippen LogP contribution in [-0.4, -0.2) is 20.6 Å².